The molecule has 0 saturated heterocycles. The van der Waals surface area contributed by atoms with Crippen LogP contribution in [0.15, 0.2) is 88.9 Å². The van der Waals surface area contributed by atoms with Crippen molar-refractivity contribution < 1.29 is 17.9 Å². The first kappa shape index (κ1) is 26.0. The largest absolute Gasteiger partial charge is 0.497 e. The van der Waals surface area contributed by atoms with E-state index in [1.54, 1.807) is 30.5 Å². The standard InChI is InChI=1S/C27H25ClN4O4S/c1-18-15-21(19(2)32(18)24-11-7-22(28)8-12-24)17-29-30-27(33)20-5-4-6-26(16-20)37(34,35)31-23-9-13-25(36-3)14-10-23/h4-17,31H,1-3H3,(H,30,33). The number of nitrogens with zero attached hydrogens (tertiary/aromatic N) is 2. The van der Waals surface area contributed by atoms with Gasteiger partial charge in [0.25, 0.3) is 15.9 Å². The molecule has 0 spiro atoms. The molecule has 0 fully saturated rings. The number of hydrogen-bond acceptors (Lipinski definition) is 5. The van der Waals surface area contributed by atoms with Crippen LogP contribution < -0.4 is 14.9 Å². The van der Waals surface area contributed by atoms with Gasteiger partial charge < -0.3 is 9.30 Å². The van der Waals surface area contributed by atoms with Crippen molar-refractivity contribution in [3.63, 3.8) is 0 Å². The number of carbonyl (C=O) groups excluding carboxylic acids is 1. The second kappa shape index (κ2) is 10.9. The molecule has 2 N–H and O–H groups in total. The molecule has 0 aliphatic carbocycles. The van der Waals surface area contributed by atoms with Crippen molar-refractivity contribution in [1.29, 1.82) is 0 Å². The van der Waals surface area contributed by atoms with Crippen LogP contribution in [0.4, 0.5) is 5.69 Å². The number of nitrogens with one attached hydrogen (secondary N) is 2. The average Bonchev–Trinajstić information content (AvgIpc) is 3.17. The number of carbonyl (C=O) groups is 1. The van der Waals surface area contributed by atoms with Crippen molar-refractivity contribution in [3.05, 3.63) is 106 Å². The Kier molecular flexibility index (Phi) is 7.66. The maximum absolute atomic E-state index is 12.8. The highest BCUT2D eigenvalue weighted by molar-refractivity contribution is 7.92. The number of benzene rings is 3. The van der Waals surface area contributed by atoms with Gasteiger partial charge in [-0.15, -0.1) is 0 Å². The van der Waals surface area contributed by atoms with Crippen LogP contribution in [0, 0.1) is 13.8 Å². The highest BCUT2D eigenvalue weighted by Crippen LogP contribution is 2.22. The van der Waals surface area contributed by atoms with Crippen molar-refractivity contribution in [2.75, 3.05) is 11.8 Å². The molecule has 0 atom stereocenters. The minimum Gasteiger partial charge on any atom is -0.497 e. The number of aromatic nitrogens is 1. The van der Waals surface area contributed by atoms with Crippen LogP contribution >= 0.6 is 11.6 Å². The molecule has 0 saturated carbocycles. The molecule has 0 aliphatic heterocycles. The molecule has 1 amide bonds. The Morgan fingerprint density at radius 2 is 1.70 bits per heavy atom. The number of rotatable bonds is 8. The zero-order chi connectivity index (χ0) is 26.6. The van der Waals surface area contributed by atoms with E-state index < -0.39 is 15.9 Å². The summed E-state index contributed by atoms with van der Waals surface area (Å²) in [6.07, 6.45) is 1.55. The van der Waals surface area contributed by atoms with Gasteiger partial charge in [-0.05, 0) is 86.6 Å². The molecule has 190 valence electrons. The summed E-state index contributed by atoms with van der Waals surface area (Å²) < 4.78 is 35.3. The van der Waals surface area contributed by atoms with Crippen LogP contribution in [0.1, 0.15) is 27.3 Å². The number of ether oxygens (including phenoxy) is 1. The molecule has 0 bridgehead atoms. The number of halogens is 1. The Balaban J connectivity index is 1.47. The van der Waals surface area contributed by atoms with Gasteiger partial charge in [0.1, 0.15) is 5.75 Å². The molecule has 0 unspecified atom stereocenters. The third kappa shape index (κ3) is 6.02. The van der Waals surface area contributed by atoms with E-state index in [-0.39, 0.29) is 10.5 Å². The number of amides is 1. The molecule has 8 nitrogen and oxygen atoms in total. The molecule has 4 rings (SSSR count). The van der Waals surface area contributed by atoms with E-state index in [1.165, 1.54) is 31.4 Å². The Labute approximate surface area is 220 Å². The van der Waals surface area contributed by atoms with Gasteiger partial charge in [-0.3, -0.25) is 9.52 Å². The lowest BCUT2D eigenvalue weighted by molar-refractivity contribution is 0.0955. The summed E-state index contributed by atoms with van der Waals surface area (Å²) in [5, 5.41) is 4.74. The molecule has 3 aromatic carbocycles. The van der Waals surface area contributed by atoms with E-state index in [4.69, 9.17) is 16.3 Å². The van der Waals surface area contributed by atoms with Gasteiger partial charge in [0.2, 0.25) is 0 Å². The SMILES string of the molecule is COc1ccc(NS(=O)(=O)c2cccc(C(=O)NN=Cc3cc(C)n(-c4ccc(Cl)cc4)c3C)c2)cc1. The number of methoxy groups -OCH3 is 1. The molecular formula is C27H25ClN4O4S. The Morgan fingerprint density at radius 1 is 1.00 bits per heavy atom. The van der Waals surface area contributed by atoms with Crippen LogP contribution in [0.5, 0.6) is 5.75 Å². The van der Waals surface area contributed by atoms with Gasteiger partial charge >= 0.3 is 0 Å². The summed E-state index contributed by atoms with van der Waals surface area (Å²) in [6, 6.07) is 21.7. The second-order valence-corrected chi connectivity index (χ2v) is 10.3. The maximum atomic E-state index is 12.8. The minimum absolute atomic E-state index is 0.0496. The zero-order valence-corrected chi connectivity index (χ0v) is 22.0. The molecule has 0 radical (unpaired) electrons. The van der Waals surface area contributed by atoms with Gasteiger partial charge in [-0.1, -0.05) is 17.7 Å². The lowest BCUT2D eigenvalue weighted by atomic mass is 10.2. The number of sulfonamides is 1. The summed E-state index contributed by atoms with van der Waals surface area (Å²) in [4.78, 5) is 12.6. The topological polar surface area (TPSA) is 102 Å². The van der Waals surface area contributed by atoms with Crippen molar-refractivity contribution in [1.82, 2.24) is 9.99 Å². The van der Waals surface area contributed by atoms with E-state index in [0.717, 1.165) is 22.6 Å². The summed E-state index contributed by atoms with van der Waals surface area (Å²) in [5.41, 5.74) is 6.72. The predicted molar refractivity (Wildman–Crippen MR) is 146 cm³/mol. The third-order valence-electron chi connectivity index (χ3n) is 5.67. The summed E-state index contributed by atoms with van der Waals surface area (Å²) in [7, 11) is -2.38. The van der Waals surface area contributed by atoms with Crippen LogP contribution in [-0.4, -0.2) is 32.2 Å². The lowest BCUT2D eigenvalue weighted by Crippen LogP contribution is -2.19. The van der Waals surface area contributed by atoms with Gasteiger partial charge in [-0.25, -0.2) is 13.8 Å². The fourth-order valence-electron chi connectivity index (χ4n) is 3.81. The number of hydrogen-bond donors (Lipinski definition) is 2. The highest BCUT2D eigenvalue weighted by atomic mass is 35.5. The summed E-state index contributed by atoms with van der Waals surface area (Å²) in [5.74, 6) is 0.0679. The van der Waals surface area contributed by atoms with Crippen molar-refractivity contribution >= 4 is 39.4 Å². The molecule has 1 aromatic heterocycles. The number of anilines is 1. The van der Waals surface area contributed by atoms with E-state index in [9.17, 15) is 13.2 Å². The lowest BCUT2D eigenvalue weighted by Gasteiger charge is -2.10. The Bertz CT molecular complexity index is 1560. The molecule has 10 heteroatoms. The van der Waals surface area contributed by atoms with Crippen LogP contribution in [-0.2, 0) is 10.0 Å². The first-order chi connectivity index (χ1) is 17.7. The average molecular weight is 537 g/mol. The summed E-state index contributed by atoms with van der Waals surface area (Å²) in [6.45, 7) is 3.93. The van der Waals surface area contributed by atoms with Gasteiger partial charge in [-0.2, -0.15) is 5.10 Å². The van der Waals surface area contributed by atoms with Gasteiger partial charge in [0.05, 0.1) is 18.2 Å². The number of hydrazone groups is 1. The van der Waals surface area contributed by atoms with E-state index in [1.807, 2.05) is 44.2 Å². The molecule has 1 heterocycles. The monoisotopic (exact) mass is 536 g/mol. The number of aryl methyl sites for hydroxylation is 1. The molecular weight excluding hydrogens is 512 g/mol. The predicted octanol–water partition coefficient (Wildman–Crippen LogP) is 5.32. The third-order valence-corrected chi connectivity index (χ3v) is 7.30. The smallest absolute Gasteiger partial charge is 0.271 e. The van der Waals surface area contributed by atoms with E-state index in [0.29, 0.717) is 16.5 Å². The van der Waals surface area contributed by atoms with Crippen molar-refractivity contribution in [3.8, 4) is 11.4 Å². The van der Waals surface area contributed by atoms with Crippen LogP contribution in [0.25, 0.3) is 5.69 Å². The Morgan fingerprint density at radius 3 is 2.38 bits per heavy atom. The first-order valence-electron chi connectivity index (χ1n) is 11.2. The minimum atomic E-state index is -3.91. The molecule has 0 aliphatic rings. The van der Waals surface area contributed by atoms with Crippen molar-refractivity contribution in [2.45, 2.75) is 18.7 Å². The van der Waals surface area contributed by atoms with Crippen LogP contribution in [0.2, 0.25) is 5.02 Å². The van der Waals surface area contributed by atoms with Gasteiger partial charge in [0.15, 0.2) is 0 Å². The van der Waals surface area contributed by atoms with E-state index >= 15 is 0 Å². The maximum Gasteiger partial charge on any atom is 0.271 e. The van der Waals surface area contributed by atoms with Crippen molar-refractivity contribution in [2.24, 2.45) is 5.10 Å². The Hall–Kier alpha value is -4.08. The quantitative estimate of drug-likeness (QED) is 0.235. The normalized spacial score (nSPS) is 11.5. The van der Waals surface area contributed by atoms with Gasteiger partial charge in [0, 0.05) is 38.9 Å². The van der Waals surface area contributed by atoms with Crippen LogP contribution in [0.3, 0.4) is 0 Å². The fourth-order valence-corrected chi connectivity index (χ4v) is 5.04. The van der Waals surface area contributed by atoms with E-state index in [2.05, 4.69) is 19.8 Å². The summed E-state index contributed by atoms with van der Waals surface area (Å²) >= 11 is 6.00. The molecule has 4 aromatic rings. The first-order valence-corrected chi connectivity index (χ1v) is 13.1. The highest BCUT2D eigenvalue weighted by Gasteiger charge is 2.17. The fraction of sp³-hybridized carbons (Fsp3) is 0.111. The second-order valence-electron chi connectivity index (χ2n) is 8.20. The zero-order valence-electron chi connectivity index (χ0n) is 20.4. The molecule has 37 heavy (non-hydrogen) atoms.